The van der Waals surface area contributed by atoms with E-state index >= 15 is 0 Å². The van der Waals surface area contributed by atoms with Crippen molar-refractivity contribution in [3.05, 3.63) is 0 Å². The number of nitrogens with zero attached hydrogens (tertiary/aromatic N) is 1. The van der Waals surface area contributed by atoms with Crippen LogP contribution in [0.15, 0.2) is 5.16 Å². The Morgan fingerprint density at radius 1 is 1.33 bits per heavy atom. The molecule has 0 spiro atoms. The molecule has 0 amide bonds. The fourth-order valence-corrected chi connectivity index (χ4v) is 2.18. The van der Waals surface area contributed by atoms with E-state index in [0.717, 1.165) is 12.8 Å². The number of rotatable bonds is 8. The number of hydrogen-bond donors (Lipinski definition) is 2. The summed E-state index contributed by atoms with van der Waals surface area (Å²) >= 11 is 2.01. The minimum absolute atomic E-state index is 0.176. The predicted molar refractivity (Wildman–Crippen MR) is 68.7 cm³/mol. The molecule has 0 aromatic heterocycles. The van der Waals surface area contributed by atoms with Crippen molar-refractivity contribution in [2.75, 3.05) is 11.5 Å². The van der Waals surface area contributed by atoms with Crippen LogP contribution in [0.3, 0.4) is 0 Å². The lowest BCUT2D eigenvalue weighted by Crippen LogP contribution is -2.31. The average Bonchev–Trinajstić information content (AvgIpc) is 2.22. The number of amidine groups is 1. The van der Waals surface area contributed by atoms with Crippen molar-refractivity contribution in [3.8, 4) is 0 Å². The largest absolute Gasteiger partial charge is 0.409 e. The van der Waals surface area contributed by atoms with Crippen LogP contribution in [0.2, 0.25) is 0 Å². The lowest BCUT2D eigenvalue weighted by atomic mass is 9.86. The number of nitrogens with two attached hydrogens (primary N) is 1. The van der Waals surface area contributed by atoms with Crippen LogP contribution in [0.5, 0.6) is 0 Å². The summed E-state index contributed by atoms with van der Waals surface area (Å²) in [4.78, 5) is 0. The molecule has 4 heteroatoms. The van der Waals surface area contributed by atoms with Crippen molar-refractivity contribution in [3.63, 3.8) is 0 Å². The van der Waals surface area contributed by atoms with E-state index in [1.807, 2.05) is 25.6 Å². The van der Waals surface area contributed by atoms with E-state index in [4.69, 9.17) is 10.9 Å². The predicted octanol–water partition coefficient (Wildman–Crippen LogP) is 3.07. The Labute approximate surface area is 97.5 Å². The minimum Gasteiger partial charge on any atom is -0.409 e. The van der Waals surface area contributed by atoms with Gasteiger partial charge < -0.3 is 10.9 Å². The molecule has 0 aliphatic carbocycles. The molecule has 0 unspecified atom stereocenters. The Morgan fingerprint density at radius 3 is 2.53 bits per heavy atom. The molecular formula is C11H24N2OS. The van der Waals surface area contributed by atoms with Gasteiger partial charge in [0.2, 0.25) is 0 Å². The molecule has 0 fully saturated rings. The van der Waals surface area contributed by atoms with Gasteiger partial charge in [0.15, 0.2) is 0 Å². The molecule has 15 heavy (non-hydrogen) atoms. The Kier molecular flexibility index (Phi) is 7.65. The van der Waals surface area contributed by atoms with E-state index in [9.17, 15) is 0 Å². The molecule has 0 aliphatic heterocycles. The van der Waals surface area contributed by atoms with Crippen LogP contribution in [0.25, 0.3) is 0 Å². The van der Waals surface area contributed by atoms with E-state index in [2.05, 4.69) is 12.1 Å². The van der Waals surface area contributed by atoms with Crippen LogP contribution in [0.1, 0.15) is 46.5 Å². The Bertz CT molecular complexity index is 193. The Morgan fingerprint density at radius 2 is 2.00 bits per heavy atom. The molecule has 3 nitrogen and oxygen atoms in total. The van der Waals surface area contributed by atoms with Crippen molar-refractivity contribution < 1.29 is 5.21 Å². The first-order valence-electron chi connectivity index (χ1n) is 5.60. The fourth-order valence-electron chi connectivity index (χ4n) is 1.28. The highest BCUT2D eigenvalue weighted by Crippen LogP contribution is 2.23. The molecule has 0 aromatic rings. The molecular weight excluding hydrogens is 208 g/mol. The molecule has 0 saturated carbocycles. The third-order valence-corrected chi connectivity index (χ3v) is 3.76. The summed E-state index contributed by atoms with van der Waals surface area (Å²) in [6, 6.07) is 0. The Balaban J connectivity index is 3.58. The molecule has 0 radical (unpaired) electrons. The maximum Gasteiger partial charge on any atom is 0.144 e. The fraction of sp³-hybridized carbons (Fsp3) is 0.909. The quantitative estimate of drug-likeness (QED) is 0.222. The highest BCUT2D eigenvalue weighted by Gasteiger charge is 2.22. The van der Waals surface area contributed by atoms with Crippen LogP contribution >= 0.6 is 11.8 Å². The van der Waals surface area contributed by atoms with E-state index < -0.39 is 0 Å². The summed E-state index contributed by atoms with van der Waals surface area (Å²) in [6.45, 7) is 6.23. The highest BCUT2D eigenvalue weighted by molar-refractivity contribution is 7.99. The molecule has 0 bridgehead atoms. The van der Waals surface area contributed by atoms with Crippen molar-refractivity contribution in [1.82, 2.24) is 0 Å². The number of hydrogen-bond acceptors (Lipinski definition) is 3. The van der Waals surface area contributed by atoms with Gasteiger partial charge in [-0.3, -0.25) is 0 Å². The summed E-state index contributed by atoms with van der Waals surface area (Å²) in [5, 5.41) is 11.7. The van der Waals surface area contributed by atoms with Gasteiger partial charge >= 0.3 is 0 Å². The van der Waals surface area contributed by atoms with Gasteiger partial charge in [0.05, 0.1) is 0 Å². The standard InChI is InChI=1S/C11H24N2OS/c1-4-8-15-9-6-5-7-11(2,3)10(12)13-14/h14H,4-9H2,1-3H3,(H2,12,13). The van der Waals surface area contributed by atoms with Gasteiger partial charge in [-0.2, -0.15) is 11.8 Å². The molecule has 90 valence electrons. The van der Waals surface area contributed by atoms with E-state index in [0.29, 0.717) is 5.84 Å². The monoisotopic (exact) mass is 232 g/mol. The normalized spacial score (nSPS) is 13.1. The van der Waals surface area contributed by atoms with E-state index in [-0.39, 0.29) is 5.41 Å². The third-order valence-electron chi connectivity index (χ3n) is 2.49. The minimum atomic E-state index is -0.176. The van der Waals surface area contributed by atoms with Gasteiger partial charge in [-0.05, 0) is 30.8 Å². The molecule has 0 aromatic carbocycles. The van der Waals surface area contributed by atoms with Gasteiger partial charge in [0.1, 0.15) is 5.84 Å². The summed E-state index contributed by atoms with van der Waals surface area (Å²) < 4.78 is 0. The summed E-state index contributed by atoms with van der Waals surface area (Å²) in [5.41, 5.74) is 5.43. The first kappa shape index (κ1) is 14.6. The SMILES string of the molecule is CCCSCCCCC(C)(C)C(N)=NO. The van der Waals surface area contributed by atoms with Crippen LogP contribution in [-0.2, 0) is 0 Å². The highest BCUT2D eigenvalue weighted by atomic mass is 32.2. The van der Waals surface area contributed by atoms with Crippen molar-refractivity contribution in [1.29, 1.82) is 0 Å². The second kappa shape index (κ2) is 7.85. The molecule has 0 heterocycles. The third kappa shape index (κ3) is 6.66. The topological polar surface area (TPSA) is 58.6 Å². The lowest BCUT2D eigenvalue weighted by molar-refractivity contribution is 0.304. The van der Waals surface area contributed by atoms with E-state index in [1.165, 1.54) is 24.3 Å². The zero-order valence-electron chi connectivity index (χ0n) is 10.1. The smallest absolute Gasteiger partial charge is 0.144 e. The number of unbranched alkanes of at least 4 members (excludes halogenated alkanes) is 1. The van der Waals surface area contributed by atoms with Crippen LogP contribution in [0, 0.1) is 5.41 Å². The first-order valence-corrected chi connectivity index (χ1v) is 6.75. The van der Waals surface area contributed by atoms with Crippen LogP contribution < -0.4 is 5.73 Å². The maximum absolute atomic E-state index is 8.60. The first-order chi connectivity index (χ1) is 7.04. The lowest BCUT2D eigenvalue weighted by Gasteiger charge is -2.22. The molecule has 0 atom stereocenters. The van der Waals surface area contributed by atoms with Gasteiger partial charge in [-0.15, -0.1) is 0 Å². The summed E-state index contributed by atoms with van der Waals surface area (Å²) in [5.74, 6) is 2.81. The zero-order valence-corrected chi connectivity index (χ0v) is 10.9. The van der Waals surface area contributed by atoms with Gasteiger partial charge in [0, 0.05) is 5.41 Å². The second-order valence-corrected chi connectivity index (χ2v) is 5.66. The van der Waals surface area contributed by atoms with Crippen LogP contribution in [0.4, 0.5) is 0 Å². The zero-order chi connectivity index (χ0) is 11.7. The molecule has 0 aliphatic rings. The van der Waals surface area contributed by atoms with Crippen molar-refractivity contribution in [2.45, 2.75) is 46.5 Å². The van der Waals surface area contributed by atoms with Crippen molar-refractivity contribution >= 4 is 17.6 Å². The van der Waals surface area contributed by atoms with Crippen molar-refractivity contribution in [2.24, 2.45) is 16.3 Å². The second-order valence-electron chi connectivity index (χ2n) is 4.44. The van der Waals surface area contributed by atoms with Gasteiger partial charge in [-0.1, -0.05) is 32.3 Å². The molecule has 0 saturated heterocycles. The number of thioether (sulfide) groups is 1. The molecule has 0 rings (SSSR count). The number of oxime groups is 1. The maximum atomic E-state index is 8.60. The average molecular weight is 232 g/mol. The summed E-state index contributed by atoms with van der Waals surface area (Å²) in [6.07, 6.45) is 4.59. The van der Waals surface area contributed by atoms with E-state index in [1.54, 1.807) is 0 Å². The van der Waals surface area contributed by atoms with Crippen LogP contribution in [-0.4, -0.2) is 22.5 Å². The Hall–Kier alpha value is -0.380. The molecule has 3 N–H and O–H groups in total. The van der Waals surface area contributed by atoms with Gasteiger partial charge in [0.25, 0.3) is 0 Å². The summed E-state index contributed by atoms with van der Waals surface area (Å²) in [7, 11) is 0. The van der Waals surface area contributed by atoms with Gasteiger partial charge in [-0.25, -0.2) is 0 Å².